The van der Waals surface area contributed by atoms with E-state index in [2.05, 4.69) is 14.9 Å². The van der Waals surface area contributed by atoms with Crippen molar-refractivity contribution in [2.45, 2.75) is 19.1 Å². The first-order valence-corrected chi connectivity index (χ1v) is 5.12. The molecular formula is C10H16N4O. The van der Waals surface area contributed by atoms with Crippen LogP contribution in [0.15, 0.2) is 12.4 Å². The second kappa shape index (κ2) is 4.55. The van der Waals surface area contributed by atoms with Crippen LogP contribution in [0.2, 0.25) is 0 Å². The quantitative estimate of drug-likeness (QED) is 0.766. The van der Waals surface area contributed by atoms with Gasteiger partial charge in [0.25, 0.3) is 0 Å². The molecule has 5 heteroatoms. The zero-order chi connectivity index (χ0) is 10.7. The molecule has 1 aliphatic heterocycles. The maximum absolute atomic E-state index is 5.46. The van der Waals surface area contributed by atoms with Gasteiger partial charge in [0.15, 0.2) is 0 Å². The Bertz CT molecular complexity index is 314. The Hall–Kier alpha value is -1.20. The Morgan fingerprint density at radius 3 is 2.93 bits per heavy atom. The smallest absolute Gasteiger partial charge is 0.147 e. The minimum absolute atomic E-state index is 0.320. The maximum atomic E-state index is 5.46. The van der Waals surface area contributed by atoms with Gasteiger partial charge in [-0.25, -0.2) is 4.98 Å². The number of rotatable bonds is 3. The van der Waals surface area contributed by atoms with Crippen LogP contribution < -0.4 is 10.6 Å². The molecule has 2 heterocycles. The zero-order valence-corrected chi connectivity index (χ0v) is 8.89. The van der Waals surface area contributed by atoms with Gasteiger partial charge in [0, 0.05) is 26.7 Å². The van der Waals surface area contributed by atoms with E-state index in [1.54, 1.807) is 19.5 Å². The molecule has 1 saturated heterocycles. The molecule has 15 heavy (non-hydrogen) atoms. The standard InChI is InChI=1S/C10H16N4O/c1-15-9-2-3-14(7-9)10-6-12-8(4-11)5-13-10/h5-6,9H,2-4,7,11H2,1H3. The van der Waals surface area contributed by atoms with Crippen molar-refractivity contribution < 1.29 is 4.74 Å². The van der Waals surface area contributed by atoms with Crippen LogP contribution in [-0.2, 0) is 11.3 Å². The molecule has 0 saturated carbocycles. The Morgan fingerprint density at radius 1 is 1.53 bits per heavy atom. The number of nitrogens with zero attached hydrogens (tertiary/aromatic N) is 3. The fraction of sp³-hybridized carbons (Fsp3) is 0.600. The van der Waals surface area contributed by atoms with Crippen molar-refractivity contribution in [3.63, 3.8) is 0 Å². The van der Waals surface area contributed by atoms with Crippen molar-refractivity contribution >= 4 is 5.82 Å². The zero-order valence-electron chi connectivity index (χ0n) is 8.89. The summed E-state index contributed by atoms with van der Waals surface area (Å²) < 4.78 is 5.30. The van der Waals surface area contributed by atoms with Crippen molar-refractivity contribution in [2.75, 3.05) is 25.1 Å². The van der Waals surface area contributed by atoms with E-state index in [9.17, 15) is 0 Å². The molecule has 0 spiro atoms. The largest absolute Gasteiger partial charge is 0.380 e. The second-order valence-corrected chi connectivity index (χ2v) is 3.66. The monoisotopic (exact) mass is 208 g/mol. The summed E-state index contributed by atoms with van der Waals surface area (Å²) in [6.45, 7) is 2.32. The lowest BCUT2D eigenvalue weighted by atomic mass is 10.3. The van der Waals surface area contributed by atoms with Gasteiger partial charge in [-0.1, -0.05) is 0 Å². The third-order valence-corrected chi connectivity index (χ3v) is 2.70. The summed E-state index contributed by atoms with van der Waals surface area (Å²) in [5, 5.41) is 0. The molecule has 82 valence electrons. The molecule has 0 bridgehead atoms. The van der Waals surface area contributed by atoms with Crippen LogP contribution in [0.1, 0.15) is 12.1 Å². The van der Waals surface area contributed by atoms with E-state index >= 15 is 0 Å². The highest BCUT2D eigenvalue weighted by Crippen LogP contribution is 2.18. The van der Waals surface area contributed by atoms with Gasteiger partial charge in [-0.3, -0.25) is 4.98 Å². The van der Waals surface area contributed by atoms with E-state index < -0.39 is 0 Å². The molecule has 1 fully saturated rings. The number of nitrogens with two attached hydrogens (primary N) is 1. The van der Waals surface area contributed by atoms with Crippen molar-refractivity contribution in [3.8, 4) is 0 Å². The summed E-state index contributed by atoms with van der Waals surface area (Å²) in [5.41, 5.74) is 6.28. The second-order valence-electron chi connectivity index (χ2n) is 3.66. The Kier molecular flexibility index (Phi) is 3.13. The molecule has 0 amide bonds. The molecule has 1 aliphatic rings. The molecular weight excluding hydrogens is 192 g/mol. The number of hydrogen-bond donors (Lipinski definition) is 1. The molecule has 5 nitrogen and oxygen atoms in total. The molecule has 1 atom stereocenters. The van der Waals surface area contributed by atoms with E-state index in [0.29, 0.717) is 12.6 Å². The predicted molar refractivity (Wildman–Crippen MR) is 57.6 cm³/mol. The fourth-order valence-electron chi connectivity index (χ4n) is 1.75. The van der Waals surface area contributed by atoms with Crippen LogP contribution in [0.25, 0.3) is 0 Å². The van der Waals surface area contributed by atoms with Crippen molar-refractivity contribution in [1.29, 1.82) is 0 Å². The molecule has 2 N–H and O–H groups in total. The topological polar surface area (TPSA) is 64.3 Å². The SMILES string of the molecule is COC1CCN(c2cnc(CN)cn2)C1. The number of ether oxygens (including phenoxy) is 1. The summed E-state index contributed by atoms with van der Waals surface area (Å²) in [5.74, 6) is 0.909. The average molecular weight is 208 g/mol. The minimum Gasteiger partial charge on any atom is -0.380 e. The van der Waals surface area contributed by atoms with Gasteiger partial charge in [0.2, 0.25) is 0 Å². The summed E-state index contributed by atoms with van der Waals surface area (Å²) in [4.78, 5) is 10.7. The van der Waals surface area contributed by atoms with Crippen LogP contribution >= 0.6 is 0 Å². The minimum atomic E-state index is 0.320. The van der Waals surface area contributed by atoms with Gasteiger partial charge < -0.3 is 15.4 Å². The summed E-state index contributed by atoms with van der Waals surface area (Å²) in [6.07, 6.45) is 4.88. The Labute approximate surface area is 89.3 Å². The highest BCUT2D eigenvalue weighted by molar-refractivity contribution is 5.37. The van der Waals surface area contributed by atoms with Gasteiger partial charge in [-0.05, 0) is 6.42 Å². The van der Waals surface area contributed by atoms with Crippen molar-refractivity contribution in [2.24, 2.45) is 5.73 Å². The van der Waals surface area contributed by atoms with Gasteiger partial charge >= 0.3 is 0 Å². The van der Waals surface area contributed by atoms with E-state index in [0.717, 1.165) is 31.0 Å². The number of methoxy groups -OCH3 is 1. The maximum Gasteiger partial charge on any atom is 0.147 e. The van der Waals surface area contributed by atoms with Crippen LogP contribution in [0.3, 0.4) is 0 Å². The average Bonchev–Trinajstić information content (AvgIpc) is 2.78. The number of hydrogen-bond acceptors (Lipinski definition) is 5. The first-order chi connectivity index (χ1) is 7.33. The molecule has 2 rings (SSSR count). The molecule has 1 unspecified atom stereocenters. The van der Waals surface area contributed by atoms with Crippen LogP contribution in [0.5, 0.6) is 0 Å². The van der Waals surface area contributed by atoms with E-state index in [-0.39, 0.29) is 0 Å². The van der Waals surface area contributed by atoms with Gasteiger partial charge in [0.1, 0.15) is 5.82 Å². The number of anilines is 1. The first kappa shape index (κ1) is 10.3. The van der Waals surface area contributed by atoms with Crippen LogP contribution in [0, 0.1) is 0 Å². The third-order valence-electron chi connectivity index (χ3n) is 2.70. The fourth-order valence-corrected chi connectivity index (χ4v) is 1.75. The summed E-state index contributed by atoms with van der Waals surface area (Å²) in [6, 6.07) is 0. The Morgan fingerprint density at radius 2 is 2.40 bits per heavy atom. The lowest BCUT2D eigenvalue weighted by Gasteiger charge is -2.16. The summed E-state index contributed by atoms with van der Waals surface area (Å²) in [7, 11) is 1.75. The Balaban J connectivity index is 2.04. The van der Waals surface area contributed by atoms with Gasteiger partial charge in [-0.15, -0.1) is 0 Å². The molecule has 0 aliphatic carbocycles. The van der Waals surface area contributed by atoms with Gasteiger partial charge in [0.05, 0.1) is 24.2 Å². The van der Waals surface area contributed by atoms with Crippen molar-refractivity contribution in [1.82, 2.24) is 9.97 Å². The molecule has 1 aromatic heterocycles. The van der Waals surface area contributed by atoms with E-state index in [1.807, 2.05) is 0 Å². The predicted octanol–water partition coefficient (Wildman–Crippen LogP) is 0.160. The third kappa shape index (κ3) is 2.24. The lowest BCUT2D eigenvalue weighted by Crippen LogP contribution is -2.23. The first-order valence-electron chi connectivity index (χ1n) is 5.12. The number of aromatic nitrogens is 2. The van der Waals surface area contributed by atoms with Gasteiger partial charge in [-0.2, -0.15) is 0 Å². The molecule has 0 aromatic carbocycles. The molecule has 0 radical (unpaired) electrons. The normalized spacial score (nSPS) is 20.9. The lowest BCUT2D eigenvalue weighted by molar-refractivity contribution is 0.121. The van der Waals surface area contributed by atoms with Crippen LogP contribution in [-0.4, -0.2) is 36.3 Å². The molecule has 1 aromatic rings. The van der Waals surface area contributed by atoms with Crippen molar-refractivity contribution in [3.05, 3.63) is 18.1 Å². The summed E-state index contributed by atoms with van der Waals surface area (Å²) >= 11 is 0. The van der Waals surface area contributed by atoms with E-state index in [1.165, 1.54) is 0 Å². The highest BCUT2D eigenvalue weighted by Gasteiger charge is 2.22. The highest BCUT2D eigenvalue weighted by atomic mass is 16.5. The van der Waals surface area contributed by atoms with Crippen LogP contribution in [0.4, 0.5) is 5.82 Å². The van der Waals surface area contributed by atoms with E-state index in [4.69, 9.17) is 10.5 Å².